The normalized spacial score (nSPS) is 15.1. The first kappa shape index (κ1) is 21.1. The molecule has 5 nitrogen and oxygen atoms in total. The van der Waals surface area contributed by atoms with Gasteiger partial charge in [0.15, 0.2) is 0 Å². The summed E-state index contributed by atoms with van der Waals surface area (Å²) in [6, 6.07) is 16.4. The molecule has 2 aromatic rings. The summed E-state index contributed by atoms with van der Waals surface area (Å²) >= 11 is 0. The van der Waals surface area contributed by atoms with E-state index in [9.17, 15) is 9.59 Å². The molecule has 1 aliphatic heterocycles. The van der Waals surface area contributed by atoms with Crippen molar-refractivity contribution < 1.29 is 9.59 Å². The summed E-state index contributed by atoms with van der Waals surface area (Å²) in [7, 11) is 0. The lowest BCUT2D eigenvalue weighted by Gasteiger charge is -2.32. The van der Waals surface area contributed by atoms with Gasteiger partial charge in [0.25, 0.3) is 0 Å². The maximum absolute atomic E-state index is 12.2. The molecule has 0 spiro atoms. The van der Waals surface area contributed by atoms with Crippen LogP contribution in [0, 0.1) is 19.8 Å². The van der Waals surface area contributed by atoms with Crippen molar-refractivity contribution in [3.63, 3.8) is 0 Å². The molecular formula is C24H31N3O2. The van der Waals surface area contributed by atoms with Gasteiger partial charge in [-0.3, -0.25) is 9.59 Å². The number of hydrogen-bond acceptors (Lipinski definition) is 3. The zero-order valence-corrected chi connectivity index (χ0v) is 17.4. The lowest BCUT2D eigenvalue weighted by Crippen LogP contribution is -2.42. The van der Waals surface area contributed by atoms with E-state index in [2.05, 4.69) is 39.8 Å². The summed E-state index contributed by atoms with van der Waals surface area (Å²) in [6.45, 7) is 7.59. The van der Waals surface area contributed by atoms with Crippen LogP contribution < -0.4 is 10.6 Å². The fourth-order valence-corrected chi connectivity index (χ4v) is 3.71. The minimum Gasteiger partial charge on any atom is -0.348 e. The highest BCUT2D eigenvalue weighted by Crippen LogP contribution is 2.18. The number of piperidine rings is 1. The second-order valence-electron chi connectivity index (χ2n) is 8.00. The zero-order chi connectivity index (χ0) is 20.6. The monoisotopic (exact) mass is 393 g/mol. The average molecular weight is 394 g/mol. The van der Waals surface area contributed by atoms with Crippen molar-refractivity contribution in [1.29, 1.82) is 0 Å². The van der Waals surface area contributed by atoms with Gasteiger partial charge in [0.05, 0.1) is 0 Å². The van der Waals surface area contributed by atoms with E-state index >= 15 is 0 Å². The van der Waals surface area contributed by atoms with Gasteiger partial charge in [-0.2, -0.15) is 0 Å². The van der Waals surface area contributed by atoms with Gasteiger partial charge >= 0.3 is 11.8 Å². The third-order valence-corrected chi connectivity index (χ3v) is 5.67. The number of amides is 2. The van der Waals surface area contributed by atoms with Gasteiger partial charge < -0.3 is 15.5 Å². The standard InChI is InChI=1S/C24H31N3O2/c1-18-8-9-19(2)22(16-18)26-24(29)23(28)25-17-21-11-14-27(15-12-21)13-10-20-6-4-3-5-7-20/h3-9,16,21H,10-15,17H2,1-2H3,(H,25,28)(H,26,29). The van der Waals surface area contributed by atoms with Crippen molar-refractivity contribution >= 4 is 17.5 Å². The van der Waals surface area contributed by atoms with Crippen molar-refractivity contribution in [2.45, 2.75) is 33.1 Å². The average Bonchev–Trinajstić information content (AvgIpc) is 2.74. The van der Waals surface area contributed by atoms with Gasteiger partial charge in [-0.15, -0.1) is 0 Å². The quantitative estimate of drug-likeness (QED) is 0.740. The molecule has 0 aliphatic carbocycles. The molecule has 1 saturated heterocycles. The van der Waals surface area contributed by atoms with Gasteiger partial charge in [-0.05, 0) is 74.9 Å². The predicted molar refractivity (Wildman–Crippen MR) is 117 cm³/mol. The van der Waals surface area contributed by atoms with Crippen molar-refractivity contribution in [3.8, 4) is 0 Å². The van der Waals surface area contributed by atoms with E-state index in [0.717, 1.165) is 50.0 Å². The lowest BCUT2D eigenvalue weighted by molar-refractivity contribution is -0.136. The Balaban J connectivity index is 1.36. The Morgan fingerprint density at radius 2 is 1.72 bits per heavy atom. The van der Waals surface area contributed by atoms with Crippen molar-refractivity contribution in [1.82, 2.24) is 10.2 Å². The summed E-state index contributed by atoms with van der Waals surface area (Å²) in [5, 5.41) is 5.53. The third kappa shape index (κ3) is 6.43. The van der Waals surface area contributed by atoms with Crippen molar-refractivity contribution in [2.75, 3.05) is 31.5 Å². The van der Waals surface area contributed by atoms with Crippen LogP contribution in [0.2, 0.25) is 0 Å². The van der Waals surface area contributed by atoms with E-state index in [4.69, 9.17) is 0 Å². The van der Waals surface area contributed by atoms with E-state index in [1.54, 1.807) is 0 Å². The maximum atomic E-state index is 12.2. The Bertz CT molecular complexity index is 827. The van der Waals surface area contributed by atoms with Crippen LogP contribution in [0.3, 0.4) is 0 Å². The Morgan fingerprint density at radius 3 is 2.45 bits per heavy atom. The highest BCUT2D eigenvalue weighted by molar-refractivity contribution is 6.39. The molecule has 0 bridgehead atoms. The van der Waals surface area contributed by atoms with Crippen LogP contribution in [0.5, 0.6) is 0 Å². The first-order valence-corrected chi connectivity index (χ1v) is 10.4. The van der Waals surface area contributed by atoms with Crippen LogP contribution in [0.4, 0.5) is 5.69 Å². The fourth-order valence-electron chi connectivity index (χ4n) is 3.71. The molecule has 1 fully saturated rings. The second kappa shape index (κ2) is 10.2. The molecule has 3 rings (SSSR count). The number of carbonyl (C=O) groups excluding carboxylic acids is 2. The highest BCUT2D eigenvalue weighted by atomic mass is 16.2. The Hall–Kier alpha value is -2.66. The van der Waals surface area contributed by atoms with E-state index in [1.165, 1.54) is 5.56 Å². The van der Waals surface area contributed by atoms with Crippen LogP contribution in [-0.4, -0.2) is 42.9 Å². The Labute approximate surface area is 173 Å². The SMILES string of the molecule is Cc1ccc(C)c(NC(=O)C(=O)NCC2CCN(CCc3ccccc3)CC2)c1. The largest absolute Gasteiger partial charge is 0.348 e. The van der Waals surface area contributed by atoms with Crippen LogP contribution in [0.15, 0.2) is 48.5 Å². The fraction of sp³-hybridized carbons (Fsp3) is 0.417. The molecule has 0 aromatic heterocycles. The number of benzene rings is 2. The number of likely N-dealkylation sites (tertiary alicyclic amines) is 1. The van der Waals surface area contributed by atoms with Gasteiger partial charge in [-0.25, -0.2) is 0 Å². The van der Waals surface area contributed by atoms with Gasteiger partial charge in [0.2, 0.25) is 0 Å². The van der Waals surface area contributed by atoms with Gasteiger partial charge in [0.1, 0.15) is 0 Å². The molecule has 0 atom stereocenters. The molecule has 0 unspecified atom stereocenters. The van der Waals surface area contributed by atoms with E-state index in [0.29, 0.717) is 18.2 Å². The molecule has 2 amide bonds. The van der Waals surface area contributed by atoms with Gasteiger partial charge in [-0.1, -0.05) is 42.5 Å². The Morgan fingerprint density at radius 1 is 1.00 bits per heavy atom. The van der Waals surface area contributed by atoms with Crippen LogP contribution >= 0.6 is 0 Å². The molecule has 1 aliphatic rings. The minimum atomic E-state index is -0.598. The Kier molecular flexibility index (Phi) is 7.42. The summed E-state index contributed by atoms with van der Waals surface area (Å²) in [5.74, 6) is -0.725. The number of anilines is 1. The van der Waals surface area contributed by atoms with Crippen LogP contribution in [0.25, 0.3) is 0 Å². The first-order chi connectivity index (χ1) is 14.0. The smallest absolute Gasteiger partial charge is 0.313 e. The maximum Gasteiger partial charge on any atom is 0.313 e. The lowest BCUT2D eigenvalue weighted by atomic mass is 9.96. The predicted octanol–water partition coefficient (Wildman–Crippen LogP) is 3.31. The number of aryl methyl sites for hydroxylation is 2. The minimum absolute atomic E-state index is 0.431. The topological polar surface area (TPSA) is 61.4 Å². The zero-order valence-electron chi connectivity index (χ0n) is 17.4. The van der Waals surface area contributed by atoms with E-state index in [1.807, 2.05) is 38.1 Å². The number of carbonyl (C=O) groups is 2. The molecule has 5 heteroatoms. The first-order valence-electron chi connectivity index (χ1n) is 10.4. The van der Waals surface area contributed by atoms with Crippen molar-refractivity contribution in [2.24, 2.45) is 5.92 Å². The van der Waals surface area contributed by atoms with E-state index in [-0.39, 0.29) is 0 Å². The van der Waals surface area contributed by atoms with Crippen LogP contribution in [0.1, 0.15) is 29.5 Å². The molecule has 0 saturated carbocycles. The summed E-state index contributed by atoms with van der Waals surface area (Å²) in [6.07, 6.45) is 3.17. The molecular weight excluding hydrogens is 362 g/mol. The molecule has 29 heavy (non-hydrogen) atoms. The molecule has 154 valence electrons. The van der Waals surface area contributed by atoms with Gasteiger partial charge in [0, 0.05) is 18.8 Å². The second-order valence-corrected chi connectivity index (χ2v) is 8.00. The summed E-state index contributed by atoms with van der Waals surface area (Å²) < 4.78 is 0. The highest BCUT2D eigenvalue weighted by Gasteiger charge is 2.21. The molecule has 0 radical (unpaired) electrons. The molecule has 2 aromatic carbocycles. The summed E-state index contributed by atoms with van der Waals surface area (Å²) in [5.41, 5.74) is 4.05. The van der Waals surface area contributed by atoms with Crippen molar-refractivity contribution in [3.05, 3.63) is 65.2 Å². The van der Waals surface area contributed by atoms with Crippen LogP contribution in [-0.2, 0) is 16.0 Å². The summed E-state index contributed by atoms with van der Waals surface area (Å²) in [4.78, 5) is 26.9. The number of nitrogens with zero attached hydrogens (tertiary/aromatic N) is 1. The third-order valence-electron chi connectivity index (χ3n) is 5.67. The molecule has 1 heterocycles. The molecule has 2 N–H and O–H groups in total. The number of hydrogen-bond donors (Lipinski definition) is 2. The number of nitrogens with one attached hydrogen (secondary N) is 2. The number of rotatable bonds is 6. The van der Waals surface area contributed by atoms with E-state index < -0.39 is 11.8 Å².